The molecular weight excluding hydrogens is 252 g/mol. The van der Waals surface area contributed by atoms with Crippen LogP contribution in [0.25, 0.3) is 5.82 Å². The lowest BCUT2D eigenvalue weighted by molar-refractivity contribution is -0.124. The highest BCUT2D eigenvalue weighted by Gasteiger charge is 2.07. The first-order valence-electron chi connectivity index (χ1n) is 5.18. The Labute approximate surface area is 107 Å². The number of primary amides is 1. The molecular formula is C10H10N6O3. The molecule has 9 heteroatoms. The average Bonchev–Trinajstić information content (AvgIpc) is 2.92. The molecule has 0 unspecified atom stereocenters. The maximum atomic E-state index is 11.6. The second-order valence-corrected chi connectivity index (χ2v) is 3.43. The number of aromatic nitrogens is 4. The fraction of sp³-hybridized carbons (Fsp3) is 0.100. The van der Waals surface area contributed by atoms with E-state index in [2.05, 4.69) is 25.4 Å². The summed E-state index contributed by atoms with van der Waals surface area (Å²) in [4.78, 5) is 34.4. The highest BCUT2D eigenvalue weighted by molar-refractivity contribution is 5.93. The number of rotatable bonds is 5. The van der Waals surface area contributed by atoms with Crippen LogP contribution in [0, 0.1) is 0 Å². The summed E-state index contributed by atoms with van der Waals surface area (Å²) in [7, 11) is 0. The molecule has 0 atom stereocenters. The summed E-state index contributed by atoms with van der Waals surface area (Å²) in [5, 5.41) is 3.90. The predicted octanol–water partition coefficient (Wildman–Crippen LogP) is -1.19. The standard InChI is InChI=1S/C10H10N6O3/c11-8(17)4-19-15-10(18)7-1-2-9(13-3-7)16-6-12-5-14-16/h1-3,5-6H,4H2,(H2,11,17)(H,15,18). The van der Waals surface area contributed by atoms with Crippen LogP contribution in [-0.4, -0.2) is 38.2 Å². The van der Waals surface area contributed by atoms with Crippen LogP contribution >= 0.6 is 0 Å². The second kappa shape index (κ2) is 5.69. The maximum absolute atomic E-state index is 11.6. The summed E-state index contributed by atoms with van der Waals surface area (Å²) in [6.07, 6.45) is 4.21. The van der Waals surface area contributed by atoms with Crippen LogP contribution in [0.4, 0.5) is 0 Å². The molecule has 0 radical (unpaired) electrons. The van der Waals surface area contributed by atoms with Crippen molar-refractivity contribution in [3.05, 3.63) is 36.5 Å². The van der Waals surface area contributed by atoms with Gasteiger partial charge in [0.1, 0.15) is 12.7 Å². The molecule has 0 bridgehead atoms. The lowest BCUT2D eigenvalue weighted by atomic mass is 10.3. The van der Waals surface area contributed by atoms with Gasteiger partial charge in [-0.2, -0.15) is 5.10 Å². The molecule has 2 aromatic rings. The van der Waals surface area contributed by atoms with Crippen LogP contribution in [-0.2, 0) is 9.63 Å². The van der Waals surface area contributed by atoms with Gasteiger partial charge in [0.25, 0.3) is 5.91 Å². The summed E-state index contributed by atoms with van der Waals surface area (Å²) >= 11 is 0. The SMILES string of the molecule is NC(=O)CONC(=O)c1ccc(-n2cncn2)nc1. The molecule has 0 aliphatic heterocycles. The van der Waals surface area contributed by atoms with Crippen LogP contribution in [0.5, 0.6) is 0 Å². The zero-order valence-corrected chi connectivity index (χ0v) is 9.68. The Morgan fingerprint density at radius 2 is 2.26 bits per heavy atom. The van der Waals surface area contributed by atoms with Crippen molar-refractivity contribution in [2.45, 2.75) is 0 Å². The number of carbonyl (C=O) groups excluding carboxylic acids is 2. The Hall–Kier alpha value is -2.81. The van der Waals surface area contributed by atoms with Gasteiger partial charge >= 0.3 is 0 Å². The molecule has 98 valence electrons. The minimum Gasteiger partial charge on any atom is -0.368 e. The lowest BCUT2D eigenvalue weighted by Crippen LogP contribution is -2.29. The minimum atomic E-state index is -0.681. The molecule has 0 saturated carbocycles. The van der Waals surface area contributed by atoms with Crippen LogP contribution in [0.1, 0.15) is 10.4 Å². The van der Waals surface area contributed by atoms with E-state index in [1.165, 1.54) is 29.6 Å². The number of pyridine rings is 1. The van der Waals surface area contributed by atoms with E-state index in [9.17, 15) is 9.59 Å². The topological polar surface area (TPSA) is 125 Å². The Morgan fingerprint density at radius 3 is 2.84 bits per heavy atom. The van der Waals surface area contributed by atoms with Crippen molar-refractivity contribution in [1.82, 2.24) is 25.2 Å². The van der Waals surface area contributed by atoms with Crippen LogP contribution < -0.4 is 11.2 Å². The Morgan fingerprint density at radius 1 is 1.42 bits per heavy atom. The highest BCUT2D eigenvalue weighted by atomic mass is 16.7. The molecule has 0 spiro atoms. The predicted molar refractivity (Wildman–Crippen MR) is 61.8 cm³/mol. The quantitative estimate of drug-likeness (QED) is 0.652. The van der Waals surface area contributed by atoms with Gasteiger partial charge in [0.2, 0.25) is 5.91 Å². The number of nitrogens with one attached hydrogen (secondary N) is 1. The number of hydrogen-bond acceptors (Lipinski definition) is 6. The number of nitrogens with zero attached hydrogens (tertiary/aromatic N) is 4. The first-order valence-corrected chi connectivity index (χ1v) is 5.18. The normalized spacial score (nSPS) is 10.1. The van der Waals surface area contributed by atoms with Crippen molar-refractivity contribution in [3.8, 4) is 5.82 Å². The summed E-state index contributed by atoms with van der Waals surface area (Å²) in [5.41, 5.74) is 7.19. The molecule has 2 rings (SSSR count). The van der Waals surface area contributed by atoms with Gasteiger partial charge in [-0.1, -0.05) is 0 Å². The van der Waals surface area contributed by atoms with Crippen LogP contribution in [0.2, 0.25) is 0 Å². The highest BCUT2D eigenvalue weighted by Crippen LogP contribution is 2.03. The zero-order chi connectivity index (χ0) is 13.7. The fourth-order valence-electron chi connectivity index (χ4n) is 1.21. The molecule has 0 aliphatic rings. The molecule has 0 aromatic carbocycles. The van der Waals surface area contributed by atoms with Crippen molar-refractivity contribution in [3.63, 3.8) is 0 Å². The number of amides is 2. The van der Waals surface area contributed by atoms with Gasteiger partial charge < -0.3 is 5.73 Å². The molecule has 0 aliphatic carbocycles. The Balaban J connectivity index is 1.98. The molecule has 2 aromatic heterocycles. The third-order valence-corrected chi connectivity index (χ3v) is 2.04. The number of nitrogens with two attached hydrogens (primary N) is 1. The monoisotopic (exact) mass is 262 g/mol. The van der Waals surface area contributed by atoms with E-state index in [0.29, 0.717) is 5.82 Å². The number of hydroxylamine groups is 1. The molecule has 0 fully saturated rings. The average molecular weight is 262 g/mol. The third-order valence-electron chi connectivity index (χ3n) is 2.04. The van der Waals surface area contributed by atoms with E-state index in [1.54, 1.807) is 6.07 Å². The van der Waals surface area contributed by atoms with E-state index in [0.717, 1.165) is 0 Å². The van der Waals surface area contributed by atoms with E-state index >= 15 is 0 Å². The third kappa shape index (κ3) is 3.33. The molecule has 2 amide bonds. The van der Waals surface area contributed by atoms with Crippen molar-refractivity contribution in [2.75, 3.05) is 6.61 Å². The lowest BCUT2D eigenvalue weighted by Gasteiger charge is -2.04. The smallest absolute Gasteiger partial charge is 0.276 e. The summed E-state index contributed by atoms with van der Waals surface area (Å²) in [6, 6.07) is 3.13. The van der Waals surface area contributed by atoms with Crippen molar-refractivity contribution >= 4 is 11.8 Å². The molecule has 9 nitrogen and oxygen atoms in total. The van der Waals surface area contributed by atoms with Crippen LogP contribution in [0.3, 0.4) is 0 Å². The largest absolute Gasteiger partial charge is 0.368 e. The molecule has 3 N–H and O–H groups in total. The fourth-order valence-corrected chi connectivity index (χ4v) is 1.21. The summed E-state index contributed by atoms with van der Waals surface area (Å²) in [6.45, 7) is -0.393. The summed E-state index contributed by atoms with van der Waals surface area (Å²) in [5.74, 6) is -0.689. The molecule has 0 saturated heterocycles. The van der Waals surface area contributed by atoms with Gasteiger partial charge in [-0.05, 0) is 12.1 Å². The van der Waals surface area contributed by atoms with Gasteiger partial charge in [-0.3, -0.25) is 14.4 Å². The Kier molecular flexibility index (Phi) is 3.78. The second-order valence-electron chi connectivity index (χ2n) is 3.43. The van der Waals surface area contributed by atoms with Crippen molar-refractivity contribution in [1.29, 1.82) is 0 Å². The molecule has 19 heavy (non-hydrogen) atoms. The number of carbonyl (C=O) groups is 2. The van der Waals surface area contributed by atoms with Gasteiger partial charge in [0, 0.05) is 6.20 Å². The van der Waals surface area contributed by atoms with Crippen LogP contribution in [0.15, 0.2) is 31.0 Å². The van der Waals surface area contributed by atoms with Crippen molar-refractivity contribution < 1.29 is 14.4 Å². The van der Waals surface area contributed by atoms with Gasteiger partial charge in [-0.15, -0.1) is 0 Å². The number of hydrogen-bond donors (Lipinski definition) is 2. The van der Waals surface area contributed by atoms with E-state index in [-0.39, 0.29) is 5.56 Å². The van der Waals surface area contributed by atoms with Gasteiger partial charge in [-0.25, -0.2) is 20.1 Å². The zero-order valence-electron chi connectivity index (χ0n) is 9.68. The van der Waals surface area contributed by atoms with Gasteiger partial charge in [0.15, 0.2) is 12.4 Å². The first-order chi connectivity index (χ1) is 9.16. The van der Waals surface area contributed by atoms with E-state index in [4.69, 9.17) is 5.73 Å². The minimum absolute atomic E-state index is 0.272. The van der Waals surface area contributed by atoms with Crippen molar-refractivity contribution in [2.24, 2.45) is 5.73 Å². The van der Waals surface area contributed by atoms with E-state index in [1.807, 2.05) is 0 Å². The Bertz CT molecular complexity index is 565. The first kappa shape index (κ1) is 12.6. The maximum Gasteiger partial charge on any atom is 0.276 e. The molecule has 2 heterocycles. The van der Waals surface area contributed by atoms with Gasteiger partial charge in [0.05, 0.1) is 5.56 Å². The van der Waals surface area contributed by atoms with E-state index < -0.39 is 18.4 Å². The summed E-state index contributed by atoms with van der Waals surface area (Å²) < 4.78 is 1.45.